The zero-order valence-electron chi connectivity index (χ0n) is 18.2. The van der Waals surface area contributed by atoms with E-state index in [1.165, 1.54) is 11.0 Å². The highest BCUT2D eigenvalue weighted by Crippen LogP contribution is 2.48. The largest absolute Gasteiger partial charge is 0.489 e. The zero-order valence-corrected chi connectivity index (χ0v) is 19.1. The number of pyridine rings is 1. The lowest BCUT2D eigenvalue weighted by Gasteiger charge is -2.42. The average molecular weight is 504 g/mol. The molecule has 35 heavy (non-hydrogen) atoms. The number of halogens is 3. The number of nitrogens with one attached hydrogen (secondary N) is 1. The third-order valence-corrected chi connectivity index (χ3v) is 7.08. The Kier molecular flexibility index (Phi) is 5.64. The van der Waals surface area contributed by atoms with Crippen LogP contribution in [0.1, 0.15) is 30.5 Å². The van der Waals surface area contributed by atoms with Crippen molar-refractivity contribution in [1.82, 2.24) is 10.3 Å². The second-order valence-electron chi connectivity index (χ2n) is 8.60. The number of nitrogens with zero attached hydrogens (tertiary/aromatic N) is 4. The molecule has 1 saturated carbocycles. The van der Waals surface area contributed by atoms with E-state index in [0.29, 0.717) is 17.5 Å². The number of nitriles is 1. The summed E-state index contributed by atoms with van der Waals surface area (Å²) in [5, 5.41) is 12.2. The number of Topliss-reactive ketones (excluding diaryl/α,β-unsaturated/α-hetero) is 1. The van der Waals surface area contributed by atoms with E-state index in [2.05, 4.69) is 22.9 Å². The SMILES string of the molecule is N#Cc1ncc(N2C(=O)[C@]3(CCC3=O)N(c3ccc(O[C@@H]4CCNC4)cc3)[C@H]2S)cc1C(F)(F)F. The van der Waals surface area contributed by atoms with E-state index in [1.54, 1.807) is 24.3 Å². The number of hydrogen-bond donors (Lipinski definition) is 2. The molecule has 3 aliphatic rings. The van der Waals surface area contributed by atoms with Crippen LogP contribution in [0.3, 0.4) is 0 Å². The van der Waals surface area contributed by atoms with Gasteiger partial charge in [-0.1, -0.05) is 0 Å². The molecule has 0 radical (unpaired) electrons. The van der Waals surface area contributed by atoms with Gasteiger partial charge in [-0.15, -0.1) is 12.6 Å². The Morgan fingerprint density at radius 2 is 1.97 bits per heavy atom. The summed E-state index contributed by atoms with van der Waals surface area (Å²) < 4.78 is 46.5. The molecule has 1 spiro atoms. The molecule has 12 heteroatoms. The first-order valence-corrected chi connectivity index (χ1v) is 11.5. The Hall–Kier alpha value is -3.30. The summed E-state index contributed by atoms with van der Waals surface area (Å²) in [5.74, 6) is -0.384. The maximum Gasteiger partial charge on any atom is 0.419 e. The van der Waals surface area contributed by atoms with Crippen LogP contribution < -0.4 is 19.9 Å². The fourth-order valence-corrected chi connectivity index (χ4v) is 5.33. The van der Waals surface area contributed by atoms with Crippen LogP contribution in [0.5, 0.6) is 5.75 Å². The molecule has 3 atom stereocenters. The van der Waals surface area contributed by atoms with Gasteiger partial charge in [0.15, 0.2) is 22.5 Å². The van der Waals surface area contributed by atoms with E-state index >= 15 is 0 Å². The molecule has 1 amide bonds. The smallest absolute Gasteiger partial charge is 0.419 e. The lowest BCUT2D eigenvalue weighted by atomic mass is 9.73. The summed E-state index contributed by atoms with van der Waals surface area (Å²) in [5.41, 5.74) is -4.39. The quantitative estimate of drug-likeness (QED) is 0.489. The van der Waals surface area contributed by atoms with Gasteiger partial charge in [0.25, 0.3) is 5.91 Å². The van der Waals surface area contributed by atoms with Gasteiger partial charge in [-0.2, -0.15) is 18.4 Å². The summed E-state index contributed by atoms with van der Waals surface area (Å²) in [7, 11) is 0. The molecule has 2 aliphatic heterocycles. The predicted octanol–water partition coefficient (Wildman–Crippen LogP) is 2.88. The molecule has 1 aromatic carbocycles. The van der Waals surface area contributed by atoms with Crippen molar-refractivity contribution < 1.29 is 27.5 Å². The van der Waals surface area contributed by atoms with Gasteiger partial charge in [0.2, 0.25) is 0 Å². The van der Waals surface area contributed by atoms with Crippen LogP contribution in [0.25, 0.3) is 0 Å². The molecule has 0 unspecified atom stereocenters. The van der Waals surface area contributed by atoms with Crippen molar-refractivity contribution in [2.75, 3.05) is 22.9 Å². The average Bonchev–Trinajstić information content (AvgIpc) is 3.42. The number of alkyl halides is 3. The Labute approximate surface area is 204 Å². The number of thiol groups is 1. The molecule has 3 heterocycles. The number of benzene rings is 1. The number of carbonyl (C=O) groups excluding carboxylic acids is 2. The van der Waals surface area contributed by atoms with E-state index in [9.17, 15) is 22.8 Å². The van der Waals surface area contributed by atoms with Crippen molar-refractivity contribution in [2.24, 2.45) is 0 Å². The summed E-state index contributed by atoms with van der Waals surface area (Å²) in [4.78, 5) is 32.5. The van der Waals surface area contributed by atoms with Crippen LogP contribution in [0.2, 0.25) is 0 Å². The van der Waals surface area contributed by atoms with Gasteiger partial charge in [0, 0.05) is 18.7 Å². The molecule has 3 fully saturated rings. The fourth-order valence-electron chi connectivity index (χ4n) is 4.77. The molecule has 1 aromatic heterocycles. The zero-order chi connectivity index (χ0) is 25.0. The Morgan fingerprint density at radius 1 is 1.23 bits per heavy atom. The summed E-state index contributed by atoms with van der Waals surface area (Å²) in [6, 6.07) is 8.96. The maximum absolute atomic E-state index is 13.5. The van der Waals surface area contributed by atoms with E-state index in [0.717, 1.165) is 30.6 Å². The molecule has 0 bridgehead atoms. The van der Waals surface area contributed by atoms with Crippen molar-refractivity contribution in [3.8, 4) is 11.8 Å². The molecule has 8 nitrogen and oxygen atoms in total. The molecule has 2 saturated heterocycles. The molecule has 1 N–H and O–H groups in total. The van der Waals surface area contributed by atoms with Gasteiger partial charge in [-0.25, -0.2) is 4.98 Å². The number of carbonyl (C=O) groups is 2. The van der Waals surface area contributed by atoms with E-state index < -0.39 is 34.4 Å². The first-order valence-electron chi connectivity index (χ1n) is 11.0. The van der Waals surface area contributed by atoms with E-state index in [4.69, 9.17) is 10.00 Å². The molecular weight excluding hydrogens is 483 g/mol. The number of hydrogen-bond acceptors (Lipinski definition) is 8. The maximum atomic E-state index is 13.5. The summed E-state index contributed by atoms with van der Waals surface area (Å²) >= 11 is 4.55. The van der Waals surface area contributed by atoms with Crippen LogP contribution in [0.15, 0.2) is 36.5 Å². The number of aromatic nitrogens is 1. The van der Waals surface area contributed by atoms with Gasteiger partial charge in [-0.05, 0) is 49.7 Å². The Bertz CT molecular complexity index is 1230. The molecular formula is C23H20F3N5O3S. The van der Waals surface area contributed by atoms with Crippen molar-refractivity contribution in [3.63, 3.8) is 0 Å². The van der Waals surface area contributed by atoms with E-state index in [1.807, 2.05) is 0 Å². The summed E-state index contributed by atoms with van der Waals surface area (Å²) in [6.45, 7) is 1.62. The van der Waals surface area contributed by atoms with Crippen LogP contribution >= 0.6 is 12.6 Å². The van der Waals surface area contributed by atoms with Gasteiger partial charge in [0.1, 0.15) is 17.9 Å². The first-order chi connectivity index (χ1) is 16.7. The standard InChI is InChI=1S/C23H20F3N5O3S/c24-23(25,26)17-9-14(11-29-18(17)10-27)30-20(33)22(7-5-19(22)32)31(21(30)35)13-1-3-15(4-2-13)34-16-6-8-28-12-16/h1-4,9,11,16,21,28,35H,5-8,12H2/t16-,21+,22-/m1/s1. The molecule has 1 aliphatic carbocycles. The Balaban J connectivity index is 1.51. The van der Waals surface area contributed by atoms with E-state index in [-0.39, 0.29) is 30.4 Å². The first kappa shape index (κ1) is 23.4. The van der Waals surface area contributed by atoms with Gasteiger partial charge < -0.3 is 15.0 Å². The predicted molar refractivity (Wildman–Crippen MR) is 122 cm³/mol. The van der Waals surface area contributed by atoms with Crippen LogP contribution in [0.4, 0.5) is 24.5 Å². The second kappa shape index (κ2) is 8.42. The van der Waals surface area contributed by atoms with Gasteiger partial charge >= 0.3 is 6.18 Å². The normalized spacial score (nSPS) is 26.3. The highest BCUT2D eigenvalue weighted by atomic mass is 32.1. The van der Waals surface area contributed by atoms with Crippen molar-refractivity contribution in [3.05, 3.63) is 47.8 Å². The third-order valence-electron chi connectivity index (χ3n) is 6.62. The van der Waals surface area contributed by atoms with Gasteiger partial charge in [-0.3, -0.25) is 14.5 Å². The minimum atomic E-state index is -4.85. The van der Waals surface area contributed by atoms with Crippen molar-refractivity contribution in [2.45, 2.75) is 42.6 Å². The minimum absolute atomic E-state index is 0.0496. The molecule has 2 aromatic rings. The third kappa shape index (κ3) is 3.70. The van der Waals surface area contributed by atoms with Gasteiger partial charge in [0.05, 0.1) is 17.4 Å². The number of amides is 1. The highest BCUT2D eigenvalue weighted by Gasteiger charge is 2.65. The summed E-state index contributed by atoms with van der Waals surface area (Å²) in [6.07, 6.45) is -2.52. The van der Waals surface area contributed by atoms with Crippen LogP contribution in [0, 0.1) is 11.3 Å². The lowest BCUT2D eigenvalue weighted by Crippen LogP contribution is -2.62. The van der Waals surface area contributed by atoms with Crippen LogP contribution in [-0.2, 0) is 15.8 Å². The molecule has 5 rings (SSSR count). The molecule has 182 valence electrons. The fraction of sp³-hybridized carbons (Fsp3) is 0.391. The minimum Gasteiger partial charge on any atom is -0.489 e. The Morgan fingerprint density at radius 3 is 2.51 bits per heavy atom. The number of anilines is 2. The second-order valence-corrected chi connectivity index (χ2v) is 9.06. The monoisotopic (exact) mass is 503 g/mol. The highest BCUT2D eigenvalue weighted by molar-refractivity contribution is 7.81. The van der Waals surface area contributed by atoms with Crippen molar-refractivity contribution in [1.29, 1.82) is 5.26 Å². The lowest BCUT2D eigenvalue weighted by molar-refractivity contribution is -0.140. The van der Waals surface area contributed by atoms with Crippen molar-refractivity contribution >= 4 is 35.7 Å². The number of ketones is 1. The topological polar surface area (TPSA) is 98.6 Å². The van der Waals surface area contributed by atoms with Crippen LogP contribution in [-0.4, -0.2) is 46.9 Å². The number of ether oxygens (including phenoxy) is 1. The number of rotatable bonds is 4.